The molecular formula is C11H10BrNO5. The Labute approximate surface area is 111 Å². The van der Waals surface area contributed by atoms with Crippen LogP contribution in [0.15, 0.2) is 35.3 Å². The number of carbonyl (C=O) groups excluding carboxylic acids is 1. The maximum atomic E-state index is 11.3. The van der Waals surface area contributed by atoms with Gasteiger partial charge in [0.05, 0.1) is 22.6 Å². The third-order valence-corrected chi connectivity index (χ3v) is 2.68. The van der Waals surface area contributed by atoms with E-state index < -0.39 is 17.0 Å². The van der Waals surface area contributed by atoms with Crippen molar-refractivity contribution in [2.24, 2.45) is 0 Å². The maximum Gasteiger partial charge on any atom is 0.351 e. The van der Waals surface area contributed by atoms with Gasteiger partial charge in [0, 0.05) is 6.07 Å². The van der Waals surface area contributed by atoms with Crippen molar-refractivity contribution < 1.29 is 19.2 Å². The van der Waals surface area contributed by atoms with Gasteiger partial charge in [0.15, 0.2) is 0 Å². The van der Waals surface area contributed by atoms with E-state index in [-0.39, 0.29) is 11.4 Å². The molecule has 1 atom stereocenters. The van der Waals surface area contributed by atoms with Gasteiger partial charge in [0.1, 0.15) is 5.75 Å². The Morgan fingerprint density at radius 3 is 2.78 bits per heavy atom. The molecule has 0 fully saturated rings. The van der Waals surface area contributed by atoms with E-state index in [4.69, 9.17) is 4.74 Å². The number of non-ortho nitro benzene ring substituents is 1. The van der Waals surface area contributed by atoms with Gasteiger partial charge in [-0.2, -0.15) is 0 Å². The highest BCUT2D eigenvalue weighted by Crippen LogP contribution is 2.30. The summed E-state index contributed by atoms with van der Waals surface area (Å²) in [4.78, 5) is 21.4. The molecular weight excluding hydrogens is 306 g/mol. The highest BCUT2D eigenvalue weighted by atomic mass is 79.9. The van der Waals surface area contributed by atoms with Crippen LogP contribution in [0, 0.1) is 10.1 Å². The lowest BCUT2D eigenvalue weighted by Gasteiger charge is -2.14. The molecule has 0 bridgehead atoms. The standard InChI is InChI=1S/C11H10BrNO5/c1-3-9(11(14)17-2)18-10-6-7(13(15)16)4-5-8(10)12/h3-6,9H,1H2,2H3. The Kier molecular flexibility index (Phi) is 4.85. The highest BCUT2D eigenvalue weighted by Gasteiger charge is 2.20. The molecule has 0 radical (unpaired) electrons. The summed E-state index contributed by atoms with van der Waals surface area (Å²) in [7, 11) is 1.21. The van der Waals surface area contributed by atoms with Crippen LogP contribution in [0.2, 0.25) is 0 Å². The molecule has 1 aromatic carbocycles. The van der Waals surface area contributed by atoms with E-state index in [2.05, 4.69) is 27.2 Å². The van der Waals surface area contributed by atoms with Gasteiger partial charge < -0.3 is 9.47 Å². The molecule has 1 rings (SSSR count). The Morgan fingerprint density at radius 2 is 2.28 bits per heavy atom. The second-order valence-corrected chi connectivity index (χ2v) is 4.02. The summed E-state index contributed by atoms with van der Waals surface area (Å²) < 4.78 is 10.3. The smallest absolute Gasteiger partial charge is 0.351 e. The molecule has 1 aromatic rings. The Hall–Kier alpha value is -1.89. The highest BCUT2D eigenvalue weighted by molar-refractivity contribution is 9.10. The van der Waals surface area contributed by atoms with Crippen LogP contribution in [-0.2, 0) is 9.53 Å². The topological polar surface area (TPSA) is 78.7 Å². The van der Waals surface area contributed by atoms with E-state index in [9.17, 15) is 14.9 Å². The first-order valence-corrected chi connectivity index (χ1v) is 5.60. The molecule has 0 saturated heterocycles. The van der Waals surface area contributed by atoms with Gasteiger partial charge in [0.2, 0.25) is 6.10 Å². The zero-order chi connectivity index (χ0) is 13.7. The Balaban J connectivity index is 3.01. The number of nitro groups is 1. The fraction of sp³-hybridized carbons (Fsp3) is 0.182. The molecule has 1 unspecified atom stereocenters. The predicted octanol–water partition coefficient (Wildman–Crippen LogP) is 2.46. The van der Waals surface area contributed by atoms with Crippen molar-refractivity contribution in [3.63, 3.8) is 0 Å². The number of halogens is 1. The molecule has 0 amide bonds. The zero-order valence-corrected chi connectivity index (χ0v) is 11.0. The summed E-state index contributed by atoms with van der Waals surface area (Å²) in [6, 6.07) is 3.99. The number of esters is 1. The fourth-order valence-electron chi connectivity index (χ4n) is 1.14. The fourth-order valence-corrected chi connectivity index (χ4v) is 1.48. The van der Waals surface area contributed by atoms with E-state index in [1.165, 1.54) is 31.4 Å². The van der Waals surface area contributed by atoms with Crippen LogP contribution >= 0.6 is 15.9 Å². The number of hydrogen-bond donors (Lipinski definition) is 0. The minimum absolute atomic E-state index is 0.138. The lowest BCUT2D eigenvalue weighted by Crippen LogP contribution is -2.26. The number of carbonyl (C=O) groups is 1. The van der Waals surface area contributed by atoms with E-state index >= 15 is 0 Å². The summed E-state index contributed by atoms with van der Waals surface area (Å²) in [6.45, 7) is 3.44. The number of hydrogen-bond acceptors (Lipinski definition) is 5. The zero-order valence-electron chi connectivity index (χ0n) is 9.46. The summed E-state index contributed by atoms with van der Waals surface area (Å²) in [6.07, 6.45) is 0.227. The molecule has 0 aliphatic heterocycles. The summed E-state index contributed by atoms with van der Waals surface area (Å²) in [5, 5.41) is 10.6. The Bertz CT molecular complexity index is 488. The quantitative estimate of drug-likeness (QED) is 0.361. The minimum Gasteiger partial charge on any atom is -0.473 e. The molecule has 0 spiro atoms. The van der Waals surface area contributed by atoms with Gasteiger partial charge in [-0.1, -0.05) is 6.58 Å². The van der Waals surface area contributed by atoms with E-state index in [1.807, 2.05) is 0 Å². The number of benzene rings is 1. The molecule has 0 heterocycles. The van der Waals surface area contributed by atoms with Crippen LogP contribution < -0.4 is 4.74 Å². The van der Waals surface area contributed by atoms with Crippen molar-refractivity contribution in [2.45, 2.75) is 6.10 Å². The second-order valence-electron chi connectivity index (χ2n) is 3.17. The van der Waals surface area contributed by atoms with E-state index in [1.54, 1.807) is 0 Å². The molecule has 0 saturated carbocycles. The SMILES string of the molecule is C=CC(Oc1cc([N+](=O)[O-])ccc1Br)C(=O)OC. The summed E-state index contributed by atoms with van der Waals surface area (Å²) in [5.41, 5.74) is -0.138. The van der Waals surface area contributed by atoms with Crippen LogP contribution in [0.1, 0.15) is 0 Å². The summed E-state index contributed by atoms with van der Waals surface area (Å²) >= 11 is 3.17. The monoisotopic (exact) mass is 315 g/mol. The van der Waals surface area contributed by atoms with Gasteiger partial charge >= 0.3 is 5.97 Å². The number of methoxy groups -OCH3 is 1. The molecule has 6 nitrogen and oxygen atoms in total. The van der Waals surface area contributed by atoms with Gasteiger partial charge in [-0.25, -0.2) is 4.79 Å². The number of nitrogens with zero attached hydrogens (tertiary/aromatic N) is 1. The van der Waals surface area contributed by atoms with Crippen LogP contribution in [0.5, 0.6) is 5.75 Å². The normalized spacial score (nSPS) is 11.4. The first kappa shape index (κ1) is 14.2. The van der Waals surface area contributed by atoms with Crippen molar-refractivity contribution in [1.82, 2.24) is 0 Å². The van der Waals surface area contributed by atoms with Crippen LogP contribution in [0.4, 0.5) is 5.69 Å². The van der Waals surface area contributed by atoms with E-state index in [0.717, 1.165) is 0 Å². The minimum atomic E-state index is -1.02. The molecule has 0 aliphatic rings. The van der Waals surface area contributed by atoms with Gasteiger partial charge in [-0.05, 0) is 28.1 Å². The summed E-state index contributed by atoms with van der Waals surface area (Å²) in [5.74, 6) is -0.470. The van der Waals surface area contributed by atoms with Crippen molar-refractivity contribution >= 4 is 27.6 Å². The van der Waals surface area contributed by atoms with Crippen LogP contribution in [0.25, 0.3) is 0 Å². The van der Waals surface area contributed by atoms with Crippen LogP contribution in [-0.4, -0.2) is 24.1 Å². The predicted molar refractivity (Wildman–Crippen MR) is 67.4 cm³/mol. The molecule has 0 N–H and O–H groups in total. The third-order valence-electron chi connectivity index (χ3n) is 2.03. The third kappa shape index (κ3) is 3.30. The van der Waals surface area contributed by atoms with Gasteiger partial charge in [-0.3, -0.25) is 10.1 Å². The van der Waals surface area contributed by atoms with E-state index in [0.29, 0.717) is 4.47 Å². The lowest BCUT2D eigenvalue weighted by atomic mass is 10.3. The average molecular weight is 316 g/mol. The number of nitro benzene ring substituents is 1. The molecule has 18 heavy (non-hydrogen) atoms. The lowest BCUT2D eigenvalue weighted by molar-refractivity contribution is -0.385. The molecule has 96 valence electrons. The van der Waals surface area contributed by atoms with Gasteiger partial charge in [-0.15, -0.1) is 0 Å². The molecule has 0 aromatic heterocycles. The van der Waals surface area contributed by atoms with Crippen molar-refractivity contribution in [3.8, 4) is 5.75 Å². The van der Waals surface area contributed by atoms with Crippen molar-refractivity contribution in [3.05, 3.63) is 45.4 Å². The maximum absolute atomic E-state index is 11.3. The van der Waals surface area contributed by atoms with Crippen molar-refractivity contribution in [1.29, 1.82) is 0 Å². The molecule has 7 heteroatoms. The Morgan fingerprint density at radius 1 is 1.61 bits per heavy atom. The van der Waals surface area contributed by atoms with Gasteiger partial charge in [0.25, 0.3) is 5.69 Å². The average Bonchev–Trinajstić information content (AvgIpc) is 2.36. The second kappa shape index (κ2) is 6.15. The number of ether oxygens (including phenoxy) is 2. The van der Waals surface area contributed by atoms with Crippen molar-refractivity contribution in [2.75, 3.05) is 7.11 Å². The first-order chi connectivity index (χ1) is 8.49. The van der Waals surface area contributed by atoms with Crippen LogP contribution in [0.3, 0.4) is 0 Å². The molecule has 0 aliphatic carbocycles. The largest absolute Gasteiger partial charge is 0.473 e. The number of rotatable bonds is 5. The first-order valence-electron chi connectivity index (χ1n) is 4.80.